The molecule has 0 fully saturated rings. The summed E-state index contributed by atoms with van der Waals surface area (Å²) in [6.45, 7) is 0. The van der Waals surface area contributed by atoms with Crippen molar-refractivity contribution in [3.8, 4) is 5.75 Å². The van der Waals surface area contributed by atoms with Gasteiger partial charge in [0.2, 0.25) is 5.91 Å². The van der Waals surface area contributed by atoms with Crippen LogP contribution in [0.3, 0.4) is 0 Å². The Kier molecular flexibility index (Phi) is 6.20. The summed E-state index contributed by atoms with van der Waals surface area (Å²) in [6.07, 6.45) is 5.57. The molecule has 0 aliphatic heterocycles. The Morgan fingerprint density at radius 2 is 2.04 bits per heavy atom. The van der Waals surface area contributed by atoms with Crippen molar-refractivity contribution in [2.75, 3.05) is 12.4 Å². The average Bonchev–Trinajstić information content (AvgIpc) is 3.08. The highest BCUT2D eigenvalue weighted by Crippen LogP contribution is 2.27. The van der Waals surface area contributed by atoms with E-state index in [1.165, 1.54) is 5.56 Å². The minimum Gasteiger partial charge on any atom is -0.495 e. The molecule has 0 bridgehead atoms. The molecular weight excluding hydrogens is 370 g/mol. The van der Waals surface area contributed by atoms with Crippen LogP contribution >= 0.6 is 22.9 Å². The maximum Gasteiger partial charge on any atom is 0.230 e. The smallest absolute Gasteiger partial charge is 0.230 e. The fourth-order valence-electron chi connectivity index (χ4n) is 2.46. The van der Waals surface area contributed by atoms with Crippen LogP contribution in [0, 0.1) is 0 Å². The minimum atomic E-state index is -0.128. The number of benzene rings is 1. The fraction of sp³-hybridized carbons (Fsp3) is 0.211. The van der Waals surface area contributed by atoms with Crippen LogP contribution in [0.1, 0.15) is 16.3 Å². The van der Waals surface area contributed by atoms with E-state index in [1.54, 1.807) is 49.0 Å². The van der Waals surface area contributed by atoms with Gasteiger partial charge >= 0.3 is 0 Å². The summed E-state index contributed by atoms with van der Waals surface area (Å²) in [5, 5.41) is 6.24. The quantitative estimate of drug-likeness (QED) is 0.661. The van der Waals surface area contributed by atoms with Gasteiger partial charge in [0.15, 0.2) is 0 Å². The van der Waals surface area contributed by atoms with Crippen molar-refractivity contribution in [3.05, 3.63) is 69.4 Å². The van der Waals surface area contributed by atoms with Gasteiger partial charge in [-0.05, 0) is 42.3 Å². The first kappa shape index (κ1) is 18.4. The minimum absolute atomic E-state index is 0.128. The number of pyridine rings is 1. The Balaban J connectivity index is 1.53. The Morgan fingerprint density at radius 3 is 2.77 bits per heavy atom. The molecule has 1 N–H and O–H groups in total. The molecule has 0 saturated carbocycles. The maximum absolute atomic E-state index is 12.2. The van der Waals surface area contributed by atoms with E-state index in [0.717, 1.165) is 23.5 Å². The van der Waals surface area contributed by atoms with Crippen LogP contribution in [0.5, 0.6) is 5.75 Å². The van der Waals surface area contributed by atoms with Gasteiger partial charge in [-0.2, -0.15) is 0 Å². The summed E-state index contributed by atoms with van der Waals surface area (Å²) in [6, 6.07) is 9.14. The summed E-state index contributed by atoms with van der Waals surface area (Å²) in [7, 11) is 1.55. The van der Waals surface area contributed by atoms with Crippen LogP contribution in [0.2, 0.25) is 5.02 Å². The van der Waals surface area contributed by atoms with E-state index >= 15 is 0 Å². The number of carbonyl (C=O) groups excluding carboxylic acids is 1. The Bertz CT molecular complexity index is 884. The van der Waals surface area contributed by atoms with Crippen LogP contribution in [0.4, 0.5) is 5.69 Å². The molecule has 5 nitrogen and oxygen atoms in total. The van der Waals surface area contributed by atoms with Gasteiger partial charge in [-0.15, -0.1) is 11.3 Å². The summed E-state index contributed by atoms with van der Waals surface area (Å²) < 4.78 is 5.10. The predicted molar refractivity (Wildman–Crippen MR) is 104 cm³/mol. The molecule has 26 heavy (non-hydrogen) atoms. The molecule has 0 saturated heterocycles. The number of thiazole rings is 1. The van der Waals surface area contributed by atoms with Crippen LogP contribution in [0.25, 0.3) is 0 Å². The van der Waals surface area contributed by atoms with Crippen molar-refractivity contribution in [1.82, 2.24) is 9.97 Å². The van der Waals surface area contributed by atoms with E-state index in [9.17, 15) is 4.79 Å². The lowest BCUT2D eigenvalue weighted by Crippen LogP contribution is -2.14. The number of nitrogens with one attached hydrogen (secondary N) is 1. The number of methoxy groups -OCH3 is 1. The lowest BCUT2D eigenvalue weighted by molar-refractivity contribution is -0.115. The van der Waals surface area contributed by atoms with Crippen molar-refractivity contribution < 1.29 is 9.53 Å². The summed E-state index contributed by atoms with van der Waals surface area (Å²) >= 11 is 7.65. The van der Waals surface area contributed by atoms with Gasteiger partial charge in [0.1, 0.15) is 5.75 Å². The molecule has 7 heteroatoms. The molecule has 2 heterocycles. The monoisotopic (exact) mass is 387 g/mol. The first-order valence-corrected chi connectivity index (χ1v) is 9.35. The molecule has 1 aromatic carbocycles. The normalized spacial score (nSPS) is 10.5. The van der Waals surface area contributed by atoms with Gasteiger partial charge in [-0.3, -0.25) is 9.78 Å². The maximum atomic E-state index is 12.2. The summed E-state index contributed by atoms with van der Waals surface area (Å²) in [5.41, 5.74) is 2.64. The molecule has 1 amide bonds. The van der Waals surface area contributed by atoms with Gasteiger partial charge in [0.25, 0.3) is 0 Å². The zero-order valence-corrected chi connectivity index (χ0v) is 15.8. The predicted octanol–water partition coefficient (Wildman–Crippen LogP) is 4.17. The summed E-state index contributed by atoms with van der Waals surface area (Å²) in [5.74, 6) is 0.445. The number of aryl methyl sites for hydroxylation is 2. The number of carbonyl (C=O) groups is 1. The number of ether oxygens (including phenoxy) is 1. The van der Waals surface area contributed by atoms with Gasteiger partial charge in [-0.25, -0.2) is 4.98 Å². The Morgan fingerprint density at radius 1 is 1.23 bits per heavy atom. The van der Waals surface area contributed by atoms with E-state index in [1.807, 2.05) is 17.5 Å². The third-order valence-corrected chi connectivity index (χ3v) is 5.01. The van der Waals surface area contributed by atoms with Gasteiger partial charge in [0.05, 0.1) is 29.3 Å². The number of anilines is 1. The highest BCUT2D eigenvalue weighted by Gasteiger charge is 2.10. The average molecular weight is 388 g/mol. The van der Waals surface area contributed by atoms with E-state index in [4.69, 9.17) is 16.3 Å². The zero-order valence-electron chi connectivity index (χ0n) is 14.2. The van der Waals surface area contributed by atoms with Gasteiger partial charge in [-0.1, -0.05) is 11.6 Å². The lowest BCUT2D eigenvalue weighted by Gasteiger charge is -2.07. The van der Waals surface area contributed by atoms with Crippen molar-refractivity contribution in [2.45, 2.75) is 19.3 Å². The van der Waals surface area contributed by atoms with E-state index in [-0.39, 0.29) is 12.3 Å². The fourth-order valence-corrected chi connectivity index (χ4v) is 3.52. The zero-order chi connectivity index (χ0) is 18.4. The van der Waals surface area contributed by atoms with Crippen LogP contribution in [0.15, 0.2) is 48.1 Å². The van der Waals surface area contributed by atoms with Crippen LogP contribution < -0.4 is 10.1 Å². The van der Waals surface area contributed by atoms with Crippen molar-refractivity contribution >= 4 is 34.5 Å². The number of aromatic nitrogens is 2. The van der Waals surface area contributed by atoms with Gasteiger partial charge in [0, 0.05) is 29.9 Å². The second-order valence-electron chi connectivity index (χ2n) is 5.66. The van der Waals surface area contributed by atoms with E-state index in [0.29, 0.717) is 16.5 Å². The highest BCUT2D eigenvalue weighted by molar-refractivity contribution is 7.09. The SMILES string of the molecule is COc1ccc(NC(=O)Cc2csc(CCc3ccncc3)n2)cc1Cl. The third-order valence-electron chi connectivity index (χ3n) is 3.75. The first-order valence-electron chi connectivity index (χ1n) is 8.09. The molecule has 0 spiro atoms. The molecule has 2 aromatic heterocycles. The van der Waals surface area contributed by atoms with Crippen molar-refractivity contribution in [3.63, 3.8) is 0 Å². The standard InChI is InChI=1S/C19H18ClN3O2S/c1-25-17-4-3-14(10-16(17)20)22-18(24)11-15-12-26-19(23-15)5-2-13-6-8-21-9-7-13/h3-4,6-10,12H,2,5,11H2,1H3,(H,22,24). The molecule has 0 aliphatic rings. The van der Waals surface area contributed by atoms with Crippen LogP contribution in [-0.2, 0) is 24.1 Å². The number of hydrogen-bond acceptors (Lipinski definition) is 5. The molecule has 134 valence electrons. The van der Waals surface area contributed by atoms with Crippen LogP contribution in [-0.4, -0.2) is 23.0 Å². The van der Waals surface area contributed by atoms with E-state index < -0.39 is 0 Å². The second kappa shape index (κ2) is 8.78. The van der Waals surface area contributed by atoms with E-state index in [2.05, 4.69) is 15.3 Å². The molecule has 0 atom stereocenters. The Hall–Kier alpha value is -2.44. The largest absolute Gasteiger partial charge is 0.495 e. The van der Waals surface area contributed by atoms with Crippen molar-refractivity contribution in [1.29, 1.82) is 0 Å². The molecule has 3 rings (SSSR count). The topological polar surface area (TPSA) is 64.1 Å². The number of rotatable bonds is 7. The molecule has 0 aliphatic carbocycles. The summed E-state index contributed by atoms with van der Waals surface area (Å²) in [4.78, 5) is 20.8. The number of halogens is 1. The van der Waals surface area contributed by atoms with Crippen molar-refractivity contribution in [2.24, 2.45) is 0 Å². The molecule has 0 unspecified atom stereocenters. The molecule has 0 radical (unpaired) electrons. The van der Waals surface area contributed by atoms with Gasteiger partial charge < -0.3 is 10.1 Å². The molecular formula is C19H18ClN3O2S. The second-order valence-corrected chi connectivity index (χ2v) is 7.01. The third kappa shape index (κ3) is 5.03. The number of amides is 1. The lowest BCUT2D eigenvalue weighted by atomic mass is 10.1. The number of nitrogens with zero attached hydrogens (tertiary/aromatic N) is 2. The Labute approximate surface area is 161 Å². The number of hydrogen-bond donors (Lipinski definition) is 1. The first-order chi connectivity index (χ1) is 12.6. The molecule has 3 aromatic rings. The highest BCUT2D eigenvalue weighted by atomic mass is 35.5.